The molecule has 0 aromatic carbocycles. The minimum absolute atomic E-state index is 0.137. The smallest absolute Gasteiger partial charge is 0.422 e. The molecule has 1 aliphatic carbocycles. The molecule has 9 heteroatoms. The molecule has 176 valence electrons. The minimum Gasteiger partial charge on any atom is -0.454 e. The molecule has 0 spiro atoms. The highest BCUT2D eigenvalue weighted by Crippen LogP contribution is 2.44. The lowest BCUT2D eigenvalue weighted by atomic mass is 9.76. The quantitative estimate of drug-likeness (QED) is 0.509. The Labute approximate surface area is 197 Å². The van der Waals surface area contributed by atoms with Crippen molar-refractivity contribution in [2.45, 2.75) is 56.7 Å². The van der Waals surface area contributed by atoms with Crippen LogP contribution in [-0.4, -0.2) is 57.5 Å². The number of hydrogen-bond donors (Lipinski definition) is 2. The average molecular weight is 472 g/mol. The average Bonchev–Trinajstić information content (AvgIpc) is 3.41. The van der Waals surface area contributed by atoms with E-state index in [-0.39, 0.29) is 28.5 Å². The SMILES string of the molecule is O=C(O[C@H]1C[N+]2(C(=O)Nc3cccnn3)CCC1CC2)C(O)(c1cccs1)C1CCCCC1. The van der Waals surface area contributed by atoms with Gasteiger partial charge in [0.15, 0.2) is 17.5 Å². The molecular weight excluding hydrogens is 440 g/mol. The third kappa shape index (κ3) is 4.18. The molecule has 2 atom stereocenters. The molecule has 8 nitrogen and oxygen atoms in total. The van der Waals surface area contributed by atoms with E-state index in [1.807, 2.05) is 17.5 Å². The summed E-state index contributed by atoms with van der Waals surface area (Å²) in [5.74, 6) is -0.0533. The van der Waals surface area contributed by atoms with E-state index in [1.54, 1.807) is 18.3 Å². The van der Waals surface area contributed by atoms with Gasteiger partial charge in [0, 0.05) is 35.8 Å². The van der Waals surface area contributed by atoms with E-state index in [9.17, 15) is 14.7 Å². The van der Waals surface area contributed by atoms with E-state index in [0.29, 0.717) is 30.3 Å². The zero-order valence-corrected chi connectivity index (χ0v) is 19.5. The Morgan fingerprint density at radius 1 is 1.12 bits per heavy atom. The summed E-state index contributed by atoms with van der Waals surface area (Å²) in [6.45, 7) is 1.85. The van der Waals surface area contributed by atoms with Gasteiger partial charge in [-0.05, 0) is 36.4 Å². The van der Waals surface area contributed by atoms with E-state index in [4.69, 9.17) is 4.74 Å². The minimum atomic E-state index is -1.62. The Kier molecular flexibility index (Phi) is 6.20. The molecule has 3 aliphatic heterocycles. The third-order valence-corrected chi connectivity index (χ3v) is 8.81. The summed E-state index contributed by atoms with van der Waals surface area (Å²) in [4.78, 5) is 27.5. The van der Waals surface area contributed by atoms with Gasteiger partial charge in [0.1, 0.15) is 6.54 Å². The summed E-state index contributed by atoms with van der Waals surface area (Å²) in [5, 5.41) is 24.3. The van der Waals surface area contributed by atoms with Gasteiger partial charge in [0.05, 0.1) is 13.1 Å². The lowest BCUT2D eigenvalue weighted by molar-refractivity contribution is -0.869. The lowest BCUT2D eigenvalue weighted by Crippen LogP contribution is -2.68. The van der Waals surface area contributed by atoms with Crippen molar-refractivity contribution < 1.29 is 23.9 Å². The maximum atomic E-state index is 13.6. The van der Waals surface area contributed by atoms with Crippen molar-refractivity contribution in [3.05, 3.63) is 40.7 Å². The molecule has 1 saturated carbocycles. The van der Waals surface area contributed by atoms with Crippen LogP contribution in [0.15, 0.2) is 35.8 Å². The number of rotatable bonds is 5. The van der Waals surface area contributed by atoms with Crippen LogP contribution in [0.25, 0.3) is 0 Å². The molecule has 2 aromatic rings. The number of thiophene rings is 1. The number of fused-ring (bicyclic) bond motifs is 3. The van der Waals surface area contributed by atoms with Crippen molar-refractivity contribution in [1.29, 1.82) is 0 Å². The molecule has 0 radical (unpaired) electrons. The molecular formula is C24H31N4O4S+. The molecule has 2 bridgehead atoms. The van der Waals surface area contributed by atoms with Crippen LogP contribution in [0.2, 0.25) is 0 Å². The fraction of sp³-hybridized carbons (Fsp3) is 0.583. The third-order valence-electron chi connectivity index (χ3n) is 7.81. The first-order valence-corrected chi connectivity index (χ1v) is 12.8. The van der Waals surface area contributed by atoms with Crippen LogP contribution in [-0.2, 0) is 15.1 Å². The second kappa shape index (κ2) is 9.12. The second-order valence-electron chi connectivity index (χ2n) is 9.67. The van der Waals surface area contributed by atoms with Gasteiger partial charge in [-0.2, -0.15) is 5.10 Å². The number of ether oxygens (including phenoxy) is 1. The molecule has 2 N–H and O–H groups in total. The Balaban J connectivity index is 1.34. The van der Waals surface area contributed by atoms with Crippen molar-refractivity contribution in [3.63, 3.8) is 0 Å². The molecule has 4 aliphatic rings. The number of aliphatic hydroxyl groups is 1. The van der Waals surface area contributed by atoms with Crippen molar-refractivity contribution >= 4 is 29.2 Å². The van der Waals surface area contributed by atoms with E-state index in [0.717, 1.165) is 44.9 Å². The van der Waals surface area contributed by atoms with Crippen molar-refractivity contribution in [2.24, 2.45) is 11.8 Å². The summed E-state index contributed by atoms with van der Waals surface area (Å²) in [6.07, 6.45) is 7.60. The zero-order valence-electron chi connectivity index (χ0n) is 18.7. The number of aromatic nitrogens is 2. The van der Waals surface area contributed by atoms with Gasteiger partial charge in [-0.3, -0.25) is 5.32 Å². The van der Waals surface area contributed by atoms with Crippen molar-refractivity contribution in [3.8, 4) is 0 Å². The van der Waals surface area contributed by atoms with Gasteiger partial charge in [-0.25, -0.2) is 14.1 Å². The van der Waals surface area contributed by atoms with Gasteiger partial charge in [0.25, 0.3) is 0 Å². The molecule has 33 heavy (non-hydrogen) atoms. The van der Waals surface area contributed by atoms with Gasteiger partial charge < -0.3 is 9.84 Å². The van der Waals surface area contributed by atoms with Crippen molar-refractivity contribution in [1.82, 2.24) is 10.2 Å². The summed E-state index contributed by atoms with van der Waals surface area (Å²) in [6, 6.07) is 7.00. The lowest BCUT2D eigenvalue weighted by Gasteiger charge is -2.50. The van der Waals surface area contributed by atoms with Gasteiger partial charge in [-0.1, -0.05) is 25.3 Å². The number of anilines is 1. The number of urea groups is 1. The first-order valence-electron chi connectivity index (χ1n) is 11.9. The van der Waals surface area contributed by atoms with Crippen molar-refractivity contribution in [2.75, 3.05) is 25.0 Å². The van der Waals surface area contributed by atoms with Crippen LogP contribution >= 0.6 is 11.3 Å². The molecule has 4 fully saturated rings. The maximum Gasteiger partial charge on any atom is 0.422 e. The van der Waals surface area contributed by atoms with Gasteiger partial charge >= 0.3 is 12.0 Å². The Bertz CT molecular complexity index is 972. The van der Waals surface area contributed by atoms with E-state index >= 15 is 0 Å². The largest absolute Gasteiger partial charge is 0.454 e. The van der Waals surface area contributed by atoms with Gasteiger partial charge in [-0.15, -0.1) is 16.4 Å². The normalized spacial score (nSPS) is 29.2. The van der Waals surface area contributed by atoms with E-state index in [1.165, 1.54) is 11.3 Å². The van der Waals surface area contributed by atoms with Crippen LogP contribution in [0.4, 0.5) is 10.6 Å². The fourth-order valence-corrected chi connectivity index (χ4v) is 6.75. The molecule has 5 heterocycles. The monoisotopic (exact) mass is 471 g/mol. The first kappa shape index (κ1) is 22.4. The number of nitrogens with zero attached hydrogens (tertiary/aromatic N) is 3. The molecule has 6 rings (SSSR count). The highest BCUT2D eigenvalue weighted by atomic mass is 32.1. The number of carbonyl (C=O) groups is 2. The number of esters is 1. The number of piperidine rings is 3. The maximum absolute atomic E-state index is 13.6. The van der Waals surface area contributed by atoms with Gasteiger partial charge in [0.2, 0.25) is 0 Å². The molecule has 3 saturated heterocycles. The summed E-state index contributed by atoms with van der Waals surface area (Å²) < 4.78 is 6.30. The molecule has 2 aromatic heterocycles. The summed E-state index contributed by atoms with van der Waals surface area (Å²) in [5.41, 5.74) is -1.62. The predicted octanol–water partition coefficient (Wildman–Crippen LogP) is 3.69. The number of amides is 2. The van der Waals surface area contributed by atoms with E-state index < -0.39 is 11.6 Å². The fourth-order valence-electron chi connectivity index (χ4n) is 5.86. The van der Waals surface area contributed by atoms with Crippen LogP contribution in [0, 0.1) is 11.8 Å². The van der Waals surface area contributed by atoms with E-state index in [2.05, 4.69) is 15.5 Å². The zero-order chi connectivity index (χ0) is 22.9. The molecule has 2 amide bonds. The Morgan fingerprint density at radius 2 is 1.91 bits per heavy atom. The predicted molar refractivity (Wildman–Crippen MR) is 123 cm³/mol. The number of carbonyl (C=O) groups excluding carboxylic acids is 2. The summed E-state index contributed by atoms with van der Waals surface area (Å²) >= 11 is 1.40. The first-order chi connectivity index (χ1) is 16.0. The topological polar surface area (TPSA) is 101 Å². The number of quaternary nitrogens is 1. The number of hydrogen-bond acceptors (Lipinski definition) is 7. The number of nitrogens with one attached hydrogen (secondary N) is 1. The molecule has 1 unspecified atom stereocenters. The van der Waals surface area contributed by atoms with Crippen LogP contribution < -0.4 is 5.32 Å². The van der Waals surface area contributed by atoms with Crippen LogP contribution in [0.3, 0.4) is 0 Å². The Morgan fingerprint density at radius 3 is 2.58 bits per heavy atom. The highest BCUT2D eigenvalue weighted by Gasteiger charge is 2.55. The van der Waals surface area contributed by atoms with Crippen LogP contribution in [0.5, 0.6) is 0 Å². The standard InChI is InChI=1S/C24H30N4O4S/c29-22(24(31,20-8-5-15-33-20)18-6-2-1-3-7-18)32-19-16-28(13-10-17(19)11-14-28)23(30)26-21-9-4-12-25-27-21/h4-5,8-9,12,15,17-19,31H,1-3,6-7,10-11,13-14,16H2/p+1/t17?,19-,24?,28?/m0/s1. The van der Waals surface area contributed by atoms with Crippen LogP contribution in [0.1, 0.15) is 49.8 Å². The second-order valence-corrected chi connectivity index (χ2v) is 10.6. The highest BCUT2D eigenvalue weighted by molar-refractivity contribution is 7.10. The Hall–Kier alpha value is -2.36. The summed E-state index contributed by atoms with van der Waals surface area (Å²) in [7, 11) is 0.